The Kier molecular flexibility index (Phi) is 5.40. The first-order valence-corrected chi connectivity index (χ1v) is 7.95. The maximum absolute atomic E-state index is 5.36. The molecule has 106 valence electrons. The Morgan fingerprint density at radius 2 is 2.05 bits per heavy atom. The number of hydrogen-bond donors (Lipinski definition) is 1. The molecule has 1 aliphatic heterocycles. The summed E-state index contributed by atoms with van der Waals surface area (Å²) in [7, 11) is 3.34. The number of nitrogens with one attached hydrogen (secondary N) is 1. The van der Waals surface area contributed by atoms with E-state index in [0.29, 0.717) is 12.1 Å². The van der Waals surface area contributed by atoms with Crippen LogP contribution in [0.15, 0.2) is 18.2 Å². The molecule has 1 aliphatic rings. The number of hydrogen-bond acceptors (Lipinski definition) is 4. The first-order chi connectivity index (χ1) is 9.24. The topological polar surface area (TPSA) is 30.5 Å². The van der Waals surface area contributed by atoms with Gasteiger partial charge in [0.2, 0.25) is 0 Å². The van der Waals surface area contributed by atoms with Crippen LogP contribution in [0.5, 0.6) is 11.5 Å². The van der Waals surface area contributed by atoms with Crippen molar-refractivity contribution in [3.63, 3.8) is 0 Å². The molecule has 1 N–H and O–H groups in total. The monoisotopic (exact) mass is 281 g/mol. The lowest BCUT2D eigenvalue weighted by atomic mass is 10.1. The molecule has 0 spiro atoms. The van der Waals surface area contributed by atoms with Crippen LogP contribution < -0.4 is 14.8 Å². The zero-order valence-corrected chi connectivity index (χ0v) is 12.8. The van der Waals surface area contributed by atoms with Gasteiger partial charge < -0.3 is 14.8 Å². The molecule has 0 saturated carbocycles. The zero-order valence-electron chi connectivity index (χ0n) is 11.9. The van der Waals surface area contributed by atoms with E-state index in [1.54, 1.807) is 14.2 Å². The molecule has 1 fully saturated rings. The fraction of sp³-hybridized carbons (Fsp3) is 0.600. The summed E-state index contributed by atoms with van der Waals surface area (Å²) in [6.45, 7) is 2.21. The Morgan fingerprint density at radius 3 is 2.68 bits per heavy atom. The predicted octanol–water partition coefficient (Wildman–Crippen LogP) is 3.25. The molecule has 1 aromatic carbocycles. The number of methoxy groups -OCH3 is 2. The van der Waals surface area contributed by atoms with Crippen molar-refractivity contribution >= 4 is 11.8 Å². The standard InChI is InChI=1S/C15H23NO2S/c1-11(16-13-5-4-8-19-10-13)12-6-7-14(17-2)15(9-12)18-3/h6-7,9,11,13,16H,4-5,8,10H2,1-3H3. The predicted molar refractivity (Wildman–Crippen MR) is 81.4 cm³/mol. The Morgan fingerprint density at radius 1 is 1.26 bits per heavy atom. The number of ether oxygens (including phenoxy) is 2. The summed E-state index contributed by atoms with van der Waals surface area (Å²) >= 11 is 2.05. The van der Waals surface area contributed by atoms with Gasteiger partial charge in [0.25, 0.3) is 0 Å². The fourth-order valence-corrected chi connectivity index (χ4v) is 3.53. The van der Waals surface area contributed by atoms with Crippen molar-refractivity contribution in [3.8, 4) is 11.5 Å². The molecule has 2 unspecified atom stereocenters. The van der Waals surface area contributed by atoms with Gasteiger partial charge >= 0.3 is 0 Å². The van der Waals surface area contributed by atoms with Gasteiger partial charge in [-0.1, -0.05) is 6.07 Å². The van der Waals surface area contributed by atoms with E-state index < -0.39 is 0 Å². The van der Waals surface area contributed by atoms with Crippen LogP contribution in [0.3, 0.4) is 0 Å². The fourth-order valence-electron chi connectivity index (χ4n) is 2.44. The summed E-state index contributed by atoms with van der Waals surface area (Å²) in [5.74, 6) is 4.11. The lowest BCUT2D eigenvalue weighted by Gasteiger charge is -2.26. The van der Waals surface area contributed by atoms with Gasteiger partial charge in [-0.2, -0.15) is 11.8 Å². The molecule has 1 saturated heterocycles. The second kappa shape index (κ2) is 7.06. The van der Waals surface area contributed by atoms with Gasteiger partial charge in [0.1, 0.15) is 0 Å². The van der Waals surface area contributed by atoms with Gasteiger partial charge in [-0.05, 0) is 43.2 Å². The van der Waals surface area contributed by atoms with E-state index in [1.807, 2.05) is 17.8 Å². The number of rotatable bonds is 5. The van der Waals surface area contributed by atoms with E-state index >= 15 is 0 Å². The largest absolute Gasteiger partial charge is 0.493 e. The molecule has 2 rings (SSSR count). The minimum absolute atomic E-state index is 0.337. The average molecular weight is 281 g/mol. The molecule has 1 aromatic rings. The van der Waals surface area contributed by atoms with Gasteiger partial charge in [-0.15, -0.1) is 0 Å². The van der Waals surface area contributed by atoms with Crippen LogP contribution in [0.2, 0.25) is 0 Å². The summed E-state index contributed by atoms with van der Waals surface area (Å²) in [5.41, 5.74) is 1.24. The third-order valence-electron chi connectivity index (χ3n) is 3.55. The highest BCUT2D eigenvalue weighted by Gasteiger charge is 2.17. The van der Waals surface area contributed by atoms with E-state index in [0.717, 1.165) is 11.5 Å². The molecule has 0 amide bonds. The van der Waals surface area contributed by atoms with Crippen LogP contribution in [0, 0.1) is 0 Å². The molecule has 2 atom stereocenters. The summed E-state index contributed by atoms with van der Waals surface area (Å²) in [6, 6.07) is 7.11. The highest BCUT2D eigenvalue weighted by molar-refractivity contribution is 7.99. The molecular formula is C15H23NO2S. The summed E-state index contributed by atoms with van der Waals surface area (Å²) in [6.07, 6.45) is 2.60. The Bertz CT molecular complexity index is 405. The molecule has 19 heavy (non-hydrogen) atoms. The normalized spacial score (nSPS) is 20.9. The smallest absolute Gasteiger partial charge is 0.161 e. The quantitative estimate of drug-likeness (QED) is 0.897. The molecule has 0 aliphatic carbocycles. The van der Waals surface area contributed by atoms with Crippen LogP contribution in [0.1, 0.15) is 31.4 Å². The summed E-state index contributed by atoms with van der Waals surface area (Å²) in [4.78, 5) is 0. The molecule has 0 aromatic heterocycles. The SMILES string of the molecule is COc1ccc(C(C)NC2CCCSC2)cc1OC. The minimum Gasteiger partial charge on any atom is -0.493 e. The summed E-state index contributed by atoms with van der Waals surface area (Å²) in [5, 5.41) is 3.71. The van der Waals surface area contributed by atoms with E-state index in [-0.39, 0.29) is 0 Å². The van der Waals surface area contributed by atoms with Crippen LogP contribution >= 0.6 is 11.8 Å². The summed E-state index contributed by atoms with van der Waals surface area (Å²) < 4.78 is 10.6. The maximum atomic E-state index is 5.36. The van der Waals surface area contributed by atoms with E-state index in [2.05, 4.69) is 24.4 Å². The molecule has 4 heteroatoms. The van der Waals surface area contributed by atoms with Gasteiger partial charge in [0.05, 0.1) is 14.2 Å². The van der Waals surface area contributed by atoms with E-state index in [4.69, 9.17) is 9.47 Å². The highest BCUT2D eigenvalue weighted by atomic mass is 32.2. The van der Waals surface area contributed by atoms with Crippen molar-refractivity contribution in [2.75, 3.05) is 25.7 Å². The number of thioether (sulfide) groups is 1. The number of benzene rings is 1. The Labute approximate surface area is 120 Å². The lowest BCUT2D eigenvalue weighted by Crippen LogP contribution is -2.35. The van der Waals surface area contributed by atoms with Crippen LogP contribution in [0.4, 0.5) is 0 Å². The third kappa shape index (κ3) is 3.80. The van der Waals surface area contributed by atoms with Gasteiger partial charge in [0, 0.05) is 17.8 Å². The van der Waals surface area contributed by atoms with Crippen molar-refractivity contribution in [1.29, 1.82) is 0 Å². The average Bonchev–Trinajstić information content (AvgIpc) is 2.47. The first kappa shape index (κ1) is 14.5. The molecular weight excluding hydrogens is 258 g/mol. The lowest BCUT2D eigenvalue weighted by molar-refractivity contribution is 0.353. The highest BCUT2D eigenvalue weighted by Crippen LogP contribution is 2.30. The van der Waals surface area contributed by atoms with Crippen molar-refractivity contribution in [1.82, 2.24) is 5.32 Å². The van der Waals surface area contributed by atoms with Crippen LogP contribution in [0.25, 0.3) is 0 Å². The van der Waals surface area contributed by atoms with E-state index in [1.165, 1.54) is 29.9 Å². The third-order valence-corrected chi connectivity index (χ3v) is 4.77. The molecule has 0 bridgehead atoms. The first-order valence-electron chi connectivity index (χ1n) is 6.80. The van der Waals surface area contributed by atoms with Gasteiger partial charge in [0.15, 0.2) is 11.5 Å². The van der Waals surface area contributed by atoms with Gasteiger partial charge in [-0.25, -0.2) is 0 Å². The van der Waals surface area contributed by atoms with Crippen molar-refractivity contribution in [2.24, 2.45) is 0 Å². The van der Waals surface area contributed by atoms with Gasteiger partial charge in [-0.3, -0.25) is 0 Å². The van der Waals surface area contributed by atoms with E-state index in [9.17, 15) is 0 Å². The van der Waals surface area contributed by atoms with Crippen molar-refractivity contribution < 1.29 is 9.47 Å². The van der Waals surface area contributed by atoms with Crippen molar-refractivity contribution in [3.05, 3.63) is 23.8 Å². The Balaban J connectivity index is 2.03. The Hall–Kier alpha value is -0.870. The maximum Gasteiger partial charge on any atom is 0.161 e. The molecule has 3 nitrogen and oxygen atoms in total. The van der Waals surface area contributed by atoms with Crippen molar-refractivity contribution in [2.45, 2.75) is 31.8 Å². The second-order valence-electron chi connectivity index (χ2n) is 4.92. The second-order valence-corrected chi connectivity index (χ2v) is 6.07. The molecule has 0 radical (unpaired) electrons. The van der Waals surface area contributed by atoms with Crippen LogP contribution in [-0.4, -0.2) is 31.8 Å². The molecule has 1 heterocycles. The minimum atomic E-state index is 0.337. The van der Waals surface area contributed by atoms with Crippen LogP contribution in [-0.2, 0) is 0 Å². The zero-order chi connectivity index (χ0) is 13.7.